The number of rotatable bonds is 13. The molecule has 0 radical (unpaired) electrons. The zero-order chi connectivity index (χ0) is 28.5. The maximum absolute atomic E-state index is 12.1. The highest BCUT2D eigenvalue weighted by Gasteiger charge is 2.44. The molecule has 3 rings (SSSR count). The van der Waals surface area contributed by atoms with Gasteiger partial charge in [-0.3, -0.25) is 14.2 Å². The average Bonchev–Trinajstić information content (AvgIpc) is 3.10. The number of anilines is 1. The van der Waals surface area contributed by atoms with Crippen LogP contribution in [0.3, 0.4) is 0 Å². The molecule has 1 amide bonds. The van der Waals surface area contributed by atoms with Gasteiger partial charge in [0.1, 0.15) is 6.54 Å². The summed E-state index contributed by atoms with van der Waals surface area (Å²) in [5.74, 6) is -0.383. The third kappa shape index (κ3) is 8.46. The Morgan fingerprint density at radius 2 is 1.79 bits per heavy atom. The van der Waals surface area contributed by atoms with Crippen LogP contribution in [0.2, 0.25) is 0 Å². The predicted octanol–water partition coefficient (Wildman–Crippen LogP) is 5.84. The van der Waals surface area contributed by atoms with Crippen LogP contribution in [0, 0.1) is 0 Å². The van der Waals surface area contributed by atoms with Crippen LogP contribution >= 0.6 is 12.0 Å². The minimum atomic E-state index is -4.01. The normalized spacial score (nSPS) is 15.1. The largest absolute Gasteiger partial charge is 0.288 e. The summed E-state index contributed by atoms with van der Waals surface area (Å²) >= 11 is 0.884. The lowest BCUT2D eigenvalue weighted by atomic mass is 9.81. The van der Waals surface area contributed by atoms with Gasteiger partial charge in [-0.25, -0.2) is 5.26 Å². The molecule has 0 unspecified atom stereocenters. The van der Waals surface area contributed by atoms with Crippen LogP contribution in [0.4, 0.5) is 11.4 Å². The highest BCUT2D eigenvalue weighted by atomic mass is 32.2. The molecule has 1 heterocycles. The minimum absolute atomic E-state index is 0.0967. The van der Waals surface area contributed by atoms with Crippen LogP contribution in [-0.2, 0) is 29.7 Å². The first-order valence-electron chi connectivity index (χ1n) is 12.3. The number of amides is 1. The molecule has 0 atom stereocenters. The van der Waals surface area contributed by atoms with Gasteiger partial charge >= 0.3 is 0 Å². The van der Waals surface area contributed by atoms with E-state index in [1.54, 1.807) is 17.2 Å². The van der Waals surface area contributed by atoms with E-state index in [9.17, 15) is 13.2 Å². The Bertz CT molecular complexity index is 1380. The summed E-state index contributed by atoms with van der Waals surface area (Å²) in [6.45, 7) is 6.25. The fourth-order valence-electron chi connectivity index (χ4n) is 4.43. The fraction of sp³-hybridized carbons (Fsp3) is 0.286. The van der Waals surface area contributed by atoms with Gasteiger partial charge in [0.25, 0.3) is 10.1 Å². The van der Waals surface area contributed by atoms with Crippen molar-refractivity contribution in [2.75, 3.05) is 17.2 Å². The van der Waals surface area contributed by atoms with Crippen LogP contribution in [0.5, 0.6) is 0 Å². The van der Waals surface area contributed by atoms with Crippen molar-refractivity contribution < 1.29 is 37.0 Å². The molecular weight excluding hydrogens is 540 g/mol. The molecule has 0 aromatic heterocycles. The second kappa shape index (κ2) is 13.8. The van der Waals surface area contributed by atoms with Gasteiger partial charge in [0.15, 0.2) is 5.71 Å². The zero-order valence-corrected chi connectivity index (χ0v) is 23.7. The lowest BCUT2D eigenvalue weighted by Gasteiger charge is -2.16. The summed E-state index contributed by atoms with van der Waals surface area (Å²) in [5, 5.41) is 12.2. The molecule has 2 aromatic rings. The monoisotopic (exact) mass is 573 g/mol. The smallest absolute Gasteiger partial charge is 0.264 e. The number of benzene rings is 2. The number of para-hydroxylation sites is 1. The number of carbonyl (C=O) groups is 1. The van der Waals surface area contributed by atoms with Crippen LogP contribution in [0.1, 0.15) is 39.2 Å². The number of fused-ring (bicyclic) bond motifs is 1. The summed E-state index contributed by atoms with van der Waals surface area (Å²) in [5.41, 5.74) is 3.41. The number of hydrogen-bond acceptors (Lipinski definition) is 7. The van der Waals surface area contributed by atoms with Crippen molar-refractivity contribution in [3.8, 4) is 0 Å². The SMILES string of the molecule is CC(=O)N(/C=C/C=C/C=C/C1=[N+](CCCCS(=O)(=O)O)c2ccc(SOOO)cc2C1(C)C)c1ccccc1. The molecule has 2 aromatic carbocycles. The van der Waals surface area contributed by atoms with E-state index in [-0.39, 0.29) is 11.7 Å². The lowest BCUT2D eigenvalue weighted by Crippen LogP contribution is -2.28. The molecule has 11 heteroatoms. The maximum atomic E-state index is 12.1. The first kappa shape index (κ1) is 30.5. The first-order chi connectivity index (χ1) is 18.5. The van der Waals surface area contributed by atoms with E-state index in [1.165, 1.54) is 6.92 Å². The van der Waals surface area contributed by atoms with Crippen molar-refractivity contribution in [3.05, 3.63) is 90.7 Å². The number of unbranched alkanes of at least 4 members (excludes halogenated alkanes) is 1. The van der Waals surface area contributed by atoms with Crippen molar-refractivity contribution >= 4 is 45.2 Å². The Labute approximate surface area is 233 Å². The first-order valence-corrected chi connectivity index (χ1v) is 14.7. The molecule has 0 bridgehead atoms. The quantitative estimate of drug-likeness (QED) is 0.0584. The summed E-state index contributed by atoms with van der Waals surface area (Å²) in [7, 11) is -4.01. The summed E-state index contributed by atoms with van der Waals surface area (Å²) in [4.78, 5) is 14.4. The summed E-state index contributed by atoms with van der Waals surface area (Å²) in [6.07, 6.45) is 12.0. The molecule has 2 N–H and O–H groups in total. The van der Waals surface area contributed by atoms with E-state index < -0.39 is 15.5 Å². The summed E-state index contributed by atoms with van der Waals surface area (Å²) < 4.78 is 38.1. The molecule has 208 valence electrons. The predicted molar refractivity (Wildman–Crippen MR) is 153 cm³/mol. The molecule has 0 saturated carbocycles. The Morgan fingerprint density at radius 1 is 1.08 bits per heavy atom. The molecule has 1 aliphatic heterocycles. The second-order valence-electron chi connectivity index (χ2n) is 9.37. The van der Waals surface area contributed by atoms with Crippen molar-refractivity contribution in [1.29, 1.82) is 0 Å². The third-order valence-corrected chi connectivity index (χ3v) is 7.63. The maximum Gasteiger partial charge on any atom is 0.264 e. The van der Waals surface area contributed by atoms with Gasteiger partial charge in [0.05, 0.1) is 23.2 Å². The number of hydrogen-bond donors (Lipinski definition) is 2. The van der Waals surface area contributed by atoms with E-state index in [0.717, 1.165) is 39.6 Å². The topological polar surface area (TPSA) is 116 Å². The number of carbonyl (C=O) groups excluding carboxylic acids is 1. The van der Waals surface area contributed by atoms with E-state index in [1.807, 2.05) is 72.8 Å². The average molecular weight is 574 g/mol. The van der Waals surface area contributed by atoms with Gasteiger partial charge in [-0.05, 0) is 50.6 Å². The van der Waals surface area contributed by atoms with Gasteiger partial charge in [-0.1, -0.05) is 41.5 Å². The molecule has 1 aliphatic rings. The lowest BCUT2D eigenvalue weighted by molar-refractivity contribution is -0.438. The van der Waals surface area contributed by atoms with Gasteiger partial charge in [-0.15, -0.1) is 4.33 Å². The third-order valence-electron chi connectivity index (χ3n) is 6.25. The number of nitrogens with zero attached hydrogens (tertiary/aromatic N) is 2. The zero-order valence-electron chi connectivity index (χ0n) is 22.1. The van der Waals surface area contributed by atoms with Gasteiger partial charge in [0, 0.05) is 47.8 Å². The molecule has 0 fully saturated rings. The molecule has 39 heavy (non-hydrogen) atoms. The van der Waals surface area contributed by atoms with Gasteiger partial charge < -0.3 is 0 Å². The Balaban J connectivity index is 1.83. The van der Waals surface area contributed by atoms with Crippen molar-refractivity contribution in [2.24, 2.45) is 0 Å². The van der Waals surface area contributed by atoms with E-state index in [2.05, 4.69) is 27.8 Å². The molecule has 0 saturated heterocycles. The summed E-state index contributed by atoms with van der Waals surface area (Å²) in [6, 6.07) is 15.1. The van der Waals surface area contributed by atoms with Crippen LogP contribution < -0.4 is 4.90 Å². The van der Waals surface area contributed by atoms with Gasteiger partial charge in [0.2, 0.25) is 11.6 Å². The highest BCUT2D eigenvalue weighted by Crippen LogP contribution is 2.42. The fourth-order valence-corrected chi connectivity index (χ4v) is 5.40. The van der Waals surface area contributed by atoms with E-state index >= 15 is 0 Å². The van der Waals surface area contributed by atoms with Crippen LogP contribution in [0.15, 0.2) is 90.0 Å². The van der Waals surface area contributed by atoms with Crippen molar-refractivity contribution in [3.63, 3.8) is 0 Å². The Hall–Kier alpha value is -3.06. The van der Waals surface area contributed by atoms with E-state index in [0.29, 0.717) is 19.4 Å². The van der Waals surface area contributed by atoms with Gasteiger partial charge in [-0.2, -0.15) is 13.0 Å². The molecule has 9 nitrogen and oxygen atoms in total. The van der Waals surface area contributed by atoms with E-state index in [4.69, 9.17) is 9.81 Å². The van der Waals surface area contributed by atoms with Crippen molar-refractivity contribution in [2.45, 2.75) is 43.9 Å². The molecular formula is C28H33N2O7S2+. The number of allylic oxidation sites excluding steroid dienone is 5. The van der Waals surface area contributed by atoms with Crippen LogP contribution in [0.25, 0.3) is 0 Å². The Kier molecular flexibility index (Phi) is 10.8. The molecule has 0 spiro atoms. The minimum Gasteiger partial charge on any atom is -0.288 e. The second-order valence-corrected chi connectivity index (χ2v) is 11.7. The highest BCUT2D eigenvalue weighted by molar-refractivity contribution is 7.94. The van der Waals surface area contributed by atoms with Crippen molar-refractivity contribution in [1.82, 2.24) is 0 Å². The standard InChI is InChI=1S/C28H32N2O7S2/c1-22(31)29(23-13-7-6-8-14-23)18-10-5-4-9-15-27-28(2,3)25-21-24(38-37-36-32)16-17-26(25)30(27)19-11-12-20-39(33,34)35/h4-10,13-18,21H,11-12,19-20H2,1-3H3,(H-,32,33,34,35)/p+1. The Morgan fingerprint density at radius 3 is 2.46 bits per heavy atom. The van der Waals surface area contributed by atoms with Crippen LogP contribution in [-0.4, -0.2) is 46.7 Å². The molecule has 0 aliphatic carbocycles.